The minimum absolute atomic E-state index is 0.939. The first-order valence-electron chi connectivity index (χ1n) is 8.15. The lowest BCUT2D eigenvalue weighted by Gasteiger charge is -2.30. The fourth-order valence-corrected chi connectivity index (χ4v) is 2.94. The number of aryl methyl sites for hydroxylation is 1. The third kappa shape index (κ3) is 4.60. The molecule has 0 radical (unpaired) electrons. The summed E-state index contributed by atoms with van der Waals surface area (Å²) in [6.07, 6.45) is 4.03. The van der Waals surface area contributed by atoms with Crippen LogP contribution < -0.4 is 5.32 Å². The molecule has 1 aliphatic heterocycles. The van der Waals surface area contributed by atoms with E-state index in [9.17, 15) is 0 Å². The van der Waals surface area contributed by atoms with Gasteiger partial charge in [0.2, 0.25) is 0 Å². The Morgan fingerprint density at radius 2 is 1.95 bits per heavy atom. The minimum atomic E-state index is 0.939. The summed E-state index contributed by atoms with van der Waals surface area (Å²) in [5, 5.41) is 3.59. The van der Waals surface area contributed by atoms with Crippen LogP contribution in [-0.4, -0.2) is 31.1 Å². The average Bonchev–Trinajstić information content (AvgIpc) is 2.45. The molecular formula is C18H30N2. The molecule has 1 aliphatic rings. The van der Waals surface area contributed by atoms with Gasteiger partial charge in [0.05, 0.1) is 0 Å². The largest absolute Gasteiger partial charge is 0.313 e. The van der Waals surface area contributed by atoms with Crippen LogP contribution in [-0.2, 0) is 6.54 Å². The SMILES string of the molecule is Cc1cccc(CNCCCN2CCC(C)CC2)c1C. The zero-order valence-corrected chi connectivity index (χ0v) is 13.4. The molecule has 0 spiro atoms. The smallest absolute Gasteiger partial charge is 0.0208 e. The van der Waals surface area contributed by atoms with Crippen molar-refractivity contribution in [3.63, 3.8) is 0 Å². The van der Waals surface area contributed by atoms with Crippen molar-refractivity contribution in [2.45, 2.75) is 46.6 Å². The van der Waals surface area contributed by atoms with E-state index in [0.29, 0.717) is 0 Å². The van der Waals surface area contributed by atoms with Gasteiger partial charge in [-0.25, -0.2) is 0 Å². The molecule has 1 N–H and O–H groups in total. The Morgan fingerprint density at radius 1 is 1.20 bits per heavy atom. The van der Waals surface area contributed by atoms with Gasteiger partial charge in [0.25, 0.3) is 0 Å². The second-order valence-electron chi connectivity index (χ2n) is 6.41. The molecule has 0 aliphatic carbocycles. The van der Waals surface area contributed by atoms with E-state index in [1.54, 1.807) is 0 Å². The molecule has 1 aromatic carbocycles. The van der Waals surface area contributed by atoms with Crippen molar-refractivity contribution in [2.24, 2.45) is 5.92 Å². The van der Waals surface area contributed by atoms with Gasteiger partial charge in [0.1, 0.15) is 0 Å². The summed E-state index contributed by atoms with van der Waals surface area (Å²) in [5.41, 5.74) is 4.27. The Morgan fingerprint density at radius 3 is 2.70 bits per heavy atom. The predicted molar refractivity (Wildman–Crippen MR) is 87.1 cm³/mol. The van der Waals surface area contributed by atoms with Crippen molar-refractivity contribution in [2.75, 3.05) is 26.2 Å². The van der Waals surface area contributed by atoms with E-state index in [-0.39, 0.29) is 0 Å². The predicted octanol–water partition coefficient (Wildman–Crippen LogP) is 3.52. The Kier molecular flexibility index (Phi) is 6.06. The van der Waals surface area contributed by atoms with Gasteiger partial charge in [0.15, 0.2) is 0 Å². The lowest BCUT2D eigenvalue weighted by molar-refractivity contribution is 0.190. The molecule has 112 valence electrons. The third-order valence-corrected chi connectivity index (χ3v) is 4.74. The second kappa shape index (κ2) is 7.80. The van der Waals surface area contributed by atoms with E-state index >= 15 is 0 Å². The summed E-state index contributed by atoms with van der Waals surface area (Å²) >= 11 is 0. The summed E-state index contributed by atoms with van der Waals surface area (Å²) in [5.74, 6) is 0.939. The monoisotopic (exact) mass is 274 g/mol. The number of nitrogens with zero attached hydrogens (tertiary/aromatic N) is 1. The quantitative estimate of drug-likeness (QED) is 0.799. The highest BCUT2D eigenvalue weighted by Crippen LogP contribution is 2.16. The van der Waals surface area contributed by atoms with E-state index in [4.69, 9.17) is 0 Å². The highest BCUT2D eigenvalue weighted by atomic mass is 15.1. The van der Waals surface area contributed by atoms with Crippen LogP contribution in [0.25, 0.3) is 0 Å². The first-order valence-corrected chi connectivity index (χ1v) is 8.15. The first-order chi connectivity index (χ1) is 9.66. The Bertz CT molecular complexity index is 406. The van der Waals surface area contributed by atoms with Crippen molar-refractivity contribution in [3.8, 4) is 0 Å². The molecule has 1 fully saturated rings. The summed E-state index contributed by atoms with van der Waals surface area (Å²) in [7, 11) is 0. The van der Waals surface area contributed by atoms with Crippen LogP contribution in [0.2, 0.25) is 0 Å². The van der Waals surface area contributed by atoms with Crippen molar-refractivity contribution in [1.29, 1.82) is 0 Å². The number of hydrogen-bond acceptors (Lipinski definition) is 2. The lowest BCUT2D eigenvalue weighted by atomic mass is 9.99. The van der Waals surface area contributed by atoms with Gasteiger partial charge in [-0.05, 0) is 81.9 Å². The molecule has 1 heterocycles. The Balaban J connectivity index is 1.61. The van der Waals surface area contributed by atoms with Crippen LogP contribution in [0.3, 0.4) is 0 Å². The maximum Gasteiger partial charge on any atom is 0.0208 e. The molecule has 2 rings (SSSR count). The molecule has 0 saturated carbocycles. The number of piperidine rings is 1. The minimum Gasteiger partial charge on any atom is -0.313 e. The third-order valence-electron chi connectivity index (χ3n) is 4.74. The van der Waals surface area contributed by atoms with E-state index in [1.165, 1.54) is 55.6 Å². The van der Waals surface area contributed by atoms with Crippen LogP contribution in [0.15, 0.2) is 18.2 Å². The van der Waals surface area contributed by atoms with Crippen molar-refractivity contribution >= 4 is 0 Å². The summed E-state index contributed by atoms with van der Waals surface area (Å²) < 4.78 is 0. The van der Waals surface area contributed by atoms with Crippen LogP contribution in [0.4, 0.5) is 0 Å². The zero-order valence-electron chi connectivity index (χ0n) is 13.4. The molecule has 20 heavy (non-hydrogen) atoms. The van der Waals surface area contributed by atoms with Crippen molar-refractivity contribution in [1.82, 2.24) is 10.2 Å². The normalized spacial score (nSPS) is 17.6. The average molecular weight is 274 g/mol. The fourth-order valence-electron chi connectivity index (χ4n) is 2.94. The molecule has 1 aromatic rings. The number of benzene rings is 1. The highest BCUT2D eigenvalue weighted by molar-refractivity contribution is 5.32. The topological polar surface area (TPSA) is 15.3 Å². The molecule has 1 saturated heterocycles. The van der Waals surface area contributed by atoms with Gasteiger partial charge in [-0.3, -0.25) is 0 Å². The van der Waals surface area contributed by atoms with Gasteiger partial charge < -0.3 is 10.2 Å². The molecular weight excluding hydrogens is 244 g/mol. The molecule has 0 amide bonds. The van der Waals surface area contributed by atoms with Crippen LogP contribution in [0.5, 0.6) is 0 Å². The molecule has 0 atom stereocenters. The number of hydrogen-bond donors (Lipinski definition) is 1. The highest BCUT2D eigenvalue weighted by Gasteiger charge is 2.14. The van der Waals surface area contributed by atoms with Crippen molar-refractivity contribution in [3.05, 3.63) is 34.9 Å². The summed E-state index contributed by atoms with van der Waals surface area (Å²) in [4.78, 5) is 2.62. The molecule has 2 heteroatoms. The lowest BCUT2D eigenvalue weighted by Crippen LogP contribution is -2.34. The van der Waals surface area contributed by atoms with E-state index in [1.807, 2.05) is 0 Å². The van der Waals surface area contributed by atoms with E-state index in [0.717, 1.165) is 19.0 Å². The molecule has 0 aromatic heterocycles. The fraction of sp³-hybridized carbons (Fsp3) is 0.667. The molecule has 0 unspecified atom stereocenters. The summed E-state index contributed by atoms with van der Waals surface area (Å²) in [6.45, 7) is 12.8. The zero-order chi connectivity index (χ0) is 14.4. The summed E-state index contributed by atoms with van der Waals surface area (Å²) in [6, 6.07) is 6.59. The second-order valence-corrected chi connectivity index (χ2v) is 6.41. The van der Waals surface area contributed by atoms with Crippen molar-refractivity contribution < 1.29 is 0 Å². The van der Waals surface area contributed by atoms with Crippen LogP contribution >= 0.6 is 0 Å². The van der Waals surface area contributed by atoms with E-state index < -0.39 is 0 Å². The van der Waals surface area contributed by atoms with Gasteiger partial charge in [-0.1, -0.05) is 25.1 Å². The van der Waals surface area contributed by atoms with Crippen LogP contribution in [0.1, 0.15) is 42.9 Å². The molecule has 0 bridgehead atoms. The molecule has 2 nitrogen and oxygen atoms in total. The Labute approximate surface area is 124 Å². The standard InChI is InChI=1S/C18H30N2/c1-15-8-12-20(13-9-15)11-5-10-19-14-18-7-4-6-16(2)17(18)3/h4,6-7,15,19H,5,8-14H2,1-3H3. The first kappa shape index (κ1) is 15.5. The van der Waals surface area contributed by atoms with E-state index in [2.05, 4.69) is 49.2 Å². The van der Waals surface area contributed by atoms with Crippen LogP contribution in [0, 0.1) is 19.8 Å². The van der Waals surface area contributed by atoms with Gasteiger partial charge >= 0.3 is 0 Å². The Hall–Kier alpha value is -0.860. The van der Waals surface area contributed by atoms with Gasteiger partial charge in [-0.2, -0.15) is 0 Å². The number of nitrogens with one attached hydrogen (secondary N) is 1. The maximum absolute atomic E-state index is 3.59. The maximum atomic E-state index is 3.59. The van der Waals surface area contributed by atoms with Gasteiger partial charge in [-0.15, -0.1) is 0 Å². The van der Waals surface area contributed by atoms with Gasteiger partial charge in [0, 0.05) is 6.54 Å². The number of rotatable bonds is 6. The number of likely N-dealkylation sites (tertiary alicyclic amines) is 1.